The van der Waals surface area contributed by atoms with E-state index in [1.54, 1.807) is 0 Å². The van der Waals surface area contributed by atoms with E-state index in [0.29, 0.717) is 4.99 Å². The Labute approximate surface area is 122 Å². The Balaban J connectivity index is 2.16. The topological polar surface area (TPSA) is 76.7 Å². The molecule has 7 heteroatoms. The van der Waals surface area contributed by atoms with E-state index in [9.17, 15) is 9.59 Å². The summed E-state index contributed by atoms with van der Waals surface area (Å²) in [4.78, 5) is 22.6. The fraction of sp³-hybridized carbons (Fsp3) is 0.308. The highest BCUT2D eigenvalue weighted by molar-refractivity contribution is 7.80. The minimum atomic E-state index is -0.573. The number of nitrogens with one attached hydrogen (secondary N) is 2. The van der Waals surface area contributed by atoms with Gasteiger partial charge >= 0.3 is 12.1 Å². The van der Waals surface area contributed by atoms with Gasteiger partial charge in [-0.15, -0.1) is 0 Å². The fourth-order valence-electron chi connectivity index (χ4n) is 1.23. The number of hydrogen-bond donors (Lipinski definition) is 2. The fourth-order valence-corrected chi connectivity index (χ4v) is 1.38. The van der Waals surface area contributed by atoms with E-state index in [1.807, 2.05) is 30.3 Å². The molecule has 1 aromatic carbocycles. The van der Waals surface area contributed by atoms with Gasteiger partial charge in [-0.1, -0.05) is 42.5 Å². The van der Waals surface area contributed by atoms with Crippen molar-refractivity contribution in [2.75, 3.05) is 20.2 Å². The summed E-state index contributed by atoms with van der Waals surface area (Å²) in [7, 11) is 1.28. The summed E-state index contributed by atoms with van der Waals surface area (Å²) < 4.78 is 9.44. The van der Waals surface area contributed by atoms with Crippen LogP contribution in [0.15, 0.2) is 30.3 Å². The molecular formula is C13H16N2O4S. The maximum Gasteiger partial charge on any atom is 0.407 e. The second-order valence-electron chi connectivity index (χ2n) is 3.77. The lowest BCUT2D eigenvalue weighted by Gasteiger charge is -2.09. The smallest absolute Gasteiger partial charge is 0.407 e. The third-order valence-corrected chi connectivity index (χ3v) is 2.55. The molecule has 2 N–H and O–H groups in total. The van der Waals surface area contributed by atoms with Gasteiger partial charge in [0.1, 0.15) is 13.2 Å². The molecule has 0 atom stereocenters. The maximum atomic E-state index is 11.4. The van der Waals surface area contributed by atoms with Crippen molar-refractivity contribution in [3.8, 4) is 0 Å². The highest BCUT2D eigenvalue weighted by Gasteiger charge is 2.05. The van der Waals surface area contributed by atoms with Crippen LogP contribution in [0, 0.1) is 0 Å². The zero-order valence-corrected chi connectivity index (χ0v) is 11.9. The molecule has 0 aromatic heterocycles. The number of alkyl carbamates (subject to hydrolysis) is 1. The molecule has 0 aliphatic rings. The second-order valence-corrected chi connectivity index (χ2v) is 4.26. The molecule has 0 unspecified atom stereocenters. The quantitative estimate of drug-likeness (QED) is 0.602. The zero-order chi connectivity index (χ0) is 14.8. The van der Waals surface area contributed by atoms with E-state index in [-0.39, 0.29) is 19.7 Å². The molecule has 0 spiro atoms. The minimum Gasteiger partial charge on any atom is -0.468 e. The van der Waals surface area contributed by atoms with E-state index < -0.39 is 12.1 Å². The van der Waals surface area contributed by atoms with E-state index in [4.69, 9.17) is 17.0 Å². The van der Waals surface area contributed by atoms with Crippen molar-refractivity contribution < 1.29 is 19.1 Å². The molecule has 0 bridgehead atoms. The van der Waals surface area contributed by atoms with Gasteiger partial charge in [0.25, 0.3) is 0 Å². The van der Waals surface area contributed by atoms with Crippen LogP contribution in [0.5, 0.6) is 0 Å². The summed E-state index contributed by atoms with van der Waals surface area (Å²) in [6.07, 6.45) is -0.573. The van der Waals surface area contributed by atoms with Gasteiger partial charge in [0.2, 0.25) is 0 Å². The molecule has 0 aliphatic heterocycles. The number of esters is 1. The van der Waals surface area contributed by atoms with Crippen LogP contribution in [-0.4, -0.2) is 37.3 Å². The van der Waals surface area contributed by atoms with Gasteiger partial charge in [-0.3, -0.25) is 4.79 Å². The molecule has 108 valence electrons. The van der Waals surface area contributed by atoms with Crippen LogP contribution in [-0.2, 0) is 20.9 Å². The lowest BCUT2D eigenvalue weighted by Crippen LogP contribution is -2.38. The second kappa shape index (κ2) is 8.87. The van der Waals surface area contributed by atoms with Crippen LogP contribution in [0.1, 0.15) is 5.56 Å². The van der Waals surface area contributed by atoms with Crippen LogP contribution in [0.4, 0.5) is 4.79 Å². The normalized spacial score (nSPS) is 9.45. The van der Waals surface area contributed by atoms with Crippen molar-refractivity contribution >= 4 is 29.3 Å². The van der Waals surface area contributed by atoms with Crippen molar-refractivity contribution in [3.63, 3.8) is 0 Å². The standard InChI is InChI=1S/C13H16N2O4S/c1-18-12(16)8-14-11(20)7-15-13(17)19-9-10-5-3-2-4-6-10/h2-6H,7-9H2,1H3,(H,14,20)(H,15,17). The van der Waals surface area contributed by atoms with Crippen molar-refractivity contribution in [1.29, 1.82) is 0 Å². The number of benzene rings is 1. The zero-order valence-electron chi connectivity index (χ0n) is 11.0. The Hall–Kier alpha value is -2.15. The molecule has 20 heavy (non-hydrogen) atoms. The number of thiocarbonyl (C=S) groups is 1. The molecule has 0 heterocycles. The SMILES string of the molecule is COC(=O)CNC(=S)CNC(=O)OCc1ccccc1. The van der Waals surface area contributed by atoms with Gasteiger partial charge in [-0.25, -0.2) is 4.79 Å². The van der Waals surface area contributed by atoms with Gasteiger partial charge in [-0.05, 0) is 5.56 Å². The third-order valence-electron chi connectivity index (χ3n) is 2.26. The molecule has 0 aliphatic carbocycles. The molecule has 0 saturated carbocycles. The Kier molecular flexibility index (Phi) is 7.05. The molecule has 6 nitrogen and oxygen atoms in total. The Morgan fingerprint density at radius 3 is 2.50 bits per heavy atom. The van der Waals surface area contributed by atoms with Crippen LogP contribution < -0.4 is 10.6 Å². The number of ether oxygens (including phenoxy) is 2. The molecule has 1 amide bonds. The lowest BCUT2D eigenvalue weighted by molar-refractivity contribution is -0.139. The van der Waals surface area contributed by atoms with Crippen LogP contribution in [0.3, 0.4) is 0 Å². The molecule has 1 aromatic rings. The maximum absolute atomic E-state index is 11.4. The van der Waals surface area contributed by atoms with Gasteiger partial charge in [-0.2, -0.15) is 0 Å². The van der Waals surface area contributed by atoms with E-state index in [0.717, 1.165) is 5.56 Å². The summed E-state index contributed by atoms with van der Waals surface area (Å²) in [6, 6.07) is 9.32. The number of amides is 1. The number of carbonyl (C=O) groups is 2. The van der Waals surface area contributed by atoms with E-state index >= 15 is 0 Å². The first-order chi connectivity index (χ1) is 9.61. The average molecular weight is 296 g/mol. The predicted octanol–water partition coefficient (Wildman–Crippen LogP) is 1.00. The molecular weight excluding hydrogens is 280 g/mol. The monoisotopic (exact) mass is 296 g/mol. The minimum absolute atomic E-state index is 0.0317. The van der Waals surface area contributed by atoms with Gasteiger partial charge in [0.05, 0.1) is 18.6 Å². The summed E-state index contributed by atoms with van der Waals surface area (Å²) >= 11 is 4.93. The predicted molar refractivity (Wildman–Crippen MR) is 77.2 cm³/mol. The van der Waals surface area contributed by atoms with Gasteiger partial charge in [0.15, 0.2) is 0 Å². The molecule has 1 rings (SSSR count). The molecule has 0 radical (unpaired) electrons. The highest BCUT2D eigenvalue weighted by atomic mass is 32.1. The summed E-state index contributed by atoms with van der Waals surface area (Å²) in [5, 5.41) is 5.13. The van der Waals surface area contributed by atoms with Crippen molar-refractivity contribution in [3.05, 3.63) is 35.9 Å². The number of carbonyl (C=O) groups excluding carboxylic acids is 2. The summed E-state index contributed by atoms with van der Waals surface area (Å²) in [6.45, 7) is 0.255. The number of methoxy groups -OCH3 is 1. The third kappa shape index (κ3) is 6.69. The van der Waals surface area contributed by atoms with E-state index in [1.165, 1.54) is 7.11 Å². The first-order valence-corrected chi connectivity index (χ1v) is 6.30. The van der Waals surface area contributed by atoms with Crippen molar-refractivity contribution in [2.45, 2.75) is 6.61 Å². The molecule has 0 fully saturated rings. The van der Waals surface area contributed by atoms with Crippen molar-refractivity contribution in [1.82, 2.24) is 10.6 Å². The number of hydrogen-bond acceptors (Lipinski definition) is 5. The Morgan fingerprint density at radius 2 is 1.85 bits per heavy atom. The molecule has 0 saturated heterocycles. The van der Waals surface area contributed by atoms with Crippen LogP contribution in [0.2, 0.25) is 0 Å². The van der Waals surface area contributed by atoms with Crippen molar-refractivity contribution in [2.24, 2.45) is 0 Å². The summed E-state index contributed by atoms with van der Waals surface area (Å²) in [5.41, 5.74) is 0.897. The van der Waals surface area contributed by atoms with Crippen LogP contribution >= 0.6 is 12.2 Å². The summed E-state index contributed by atoms with van der Waals surface area (Å²) in [5.74, 6) is -0.431. The Morgan fingerprint density at radius 1 is 1.15 bits per heavy atom. The van der Waals surface area contributed by atoms with Gasteiger partial charge < -0.3 is 20.1 Å². The first kappa shape index (κ1) is 15.9. The van der Waals surface area contributed by atoms with Crippen LogP contribution in [0.25, 0.3) is 0 Å². The highest BCUT2D eigenvalue weighted by Crippen LogP contribution is 2.00. The largest absolute Gasteiger partial charge is 0.468 e. The van der Waals surface area contributed by atoms with Gasteiger partial charge in [0, 0.05) is 0 Å². The first-order valence-electron chi connectivity index (χ1n) is 5.90. The number of rotatable bonds is 6. The van der Waals surface area contributed by atoms with E-state index in [2.05, 4.69) is 15.4 Å². The lowest BCUT2D eigenvalue weighted by atomic mass is 10.2. The average Bonchev–Trinajstić information content (AvgIpc) is 2.49. The Bertz CT molecular complexity index is 465.